The van der Waals surface area contributed by atoms with Crippen molar-refractivity contribution >= 4 is 11.8 Å². The molecule has 0 aliphatic heterocycles. The maximum Gasteiger partial charge on any atom is 0.123 e. The Morgan fingerprint density at radius 3 is 1.27 bits per heavy atom. The summed E-state index contributed by atoms with van der Waals surface area (Å²) in [6.07, 6.45) is 20.0. The van der Waals surface area contributed by atoms with Crippen LogP contribution in [-0.4, -0.2) is 0 Å². The van der Waals surface area contributed by atoms with Crippen LogP contribution in [0.3, 0.4) is 0 Å². The molecule has 0 nitrogen and oxygen atoms in total. The van der Waals surface area contributed by atoms with Gasteiger partial charge in [-0.05, 0) is 158 Å². The molecule has 2 fully saturated rings. The minimum atomic E-state index is -0.218. The van der Waals surface area contributed by atoms with Crippen LogP contribution in [0.25, 0.3) is 0 Å². The van der Waals surface area contributed by atoms with E-state index in [9.17, 15) is 8.78 Å². The molecule has 0 spiro atoms. The van der Waals surface area contributed by atoms with Gasteiger partial charge in [-0.3, -0.25) is 0 Å². The molecule has 0 saturated heterocycles. The van der Waals surface area contributed by atoms with Crippen LogP contribution in [0.2, 0.25) is 0 Å². The van der Waals surface area contributed by atoms with Crippen LogP contribution in [0.5, 0.6) is 0 Å². The lowest BCUT2D eigenvalue weighted by molar-refractivity contribution is 0.304. The SMILES string of the molecule is CCCC[C@H]1CC[C@H](c2ccc(Cc3cc(F)ccc3Sc3ccc(F)cc3Cc3ccc([C@H]4CC[C@H](CCCC)CC4)cc3)cc2)CC1. The van der Waals surface area contributed by atoms with Gasteiger partial charge in [0.25, 0.3) is 0 Å². The molecular formula is C46H56F2S. The first kappa shape index (κ1) is 35.9. The topological polar surface area (TPSA) is 0 Å². The van der Waals surface area contributed by atoms with Gasteiger partial charge in [0.1, 0.15) is 11.6 Å². The molecule has 0 unspecified atom stereocenters. The third-order valence-corrected chi connectivity index (χ3v) is 12.8. The molecule has 49 heavy (non-hydrogen) atoms. The molecule has 0 N–H and O–H groups in total. The predicted octanol–water partition coefficient (Wildman–Crippen LogP) is 14.2. The lowest BCUT2D eigenvalue weighted by Crippen LogP contribution is -2.13. The van der Waals surface area contributed by atoms with Crippen LogP contribution < -0.4 is 0 Å². The monoisotopic (exact) mass is 678 g/mol. The van der Waals surface area contributed by atoms with Crippen LogP contribution in [0, 0.1) is 23.5 Å². The molecule has 4 aromatic rings. The van der Waals surface area contributed by atoms with Crippen molar-refractivity contribution in [3.8, 4) is 0 Å². The Kier molecular flexibility index (Phi) is 13.1. The highest BCUT2D eigenvalue weighted by atomic mass is 32.2. The Bertz CT molecular complexity index is 1470. The number of halogens is 2. The molecule has 0 heterocycles. The van der Waals surface area contributed by atoms with Gasteiger partial charge in [-0.15, -0.1) is 0 Å². The van der Waals surface area contributed by atoms with E-state index in [1.165, 1.54) is 112 Å². The second-order valence-electron chi connectivity index (χ2n) is 15.2. The van der Waals surface area contributed by atoms with Crippen molar-refractivity contribution in [2.75, 3.05) is 0 Å². The van der Waals surface area contributed by atoms with Gasteiger partial charge in [-0.25, -0.2) is 8.78 Å². The van der Waals surface area contributed by atoms with Gasteiger partial charge in [-0.2, -0.15) is 0 Å². The molecule has 6 rings (SSSR count). The molecule has 4 aromatic carbocycles. The maximum atomic E-state index is 14.6. The lowest BCUT2D eigenvalue weighted by atomic mass is 9.77. The molecule has 0 atom stereocenters. The van der Waals surface area contributed by atoms with Crippen LogP contribution in [0.1, 0.15) is 149 Å². The molecule has 0 aromatic heterocycles. The summed E-state index contributed by atoms with van der Waals surface area (Å²) < 4.78 is 29.2. The predicted molar refractivity (Wildman–Crippen MR) is 204 cm³/mol. The van der Waals surface area contributed by atoms with Crippen molar-refractivity contribution in [3.05, 3.63) is 130 Å². The zero-order valence-electron chi connectivity index (χ0n) is 29.9. The summed E-state index contributed by atoms with van der Waals surface area (Å²) in [5, 5.41) is 0. The zero-order valence-corrected chi connectivity index (χ0v) is 30.7. The Labute approximate surface area is 299 Å². The smallest absolute Gasteiger partial charge is 0.123 e. The van der Waals surface area contributed by atoms with Crippen LogP contribution in [0.4, 0.5) is 8.78 Å². The van der Waals surface area contributed by atoms with E-state index in [0.29, 0.717) is 24.7 Å². The molecule has 3 heteroatoms. The number of benzene rings is 4. The number of hydrogen-bond acceptors (Lipinski definition) is 1. The summed E-state index contributed by atoms with van der Waals surface area (Å²) in [6.45, 7) is 4.58. The average molecular weight is 679 g/mol. The summed E-state index contributed by atoms with van der Waals surface area (Å²) >= 11 is 1.63. The molecule has 2 aliphatic carbocycles. The molecule has 2 aliphatic rings. The summed E-state index contributed by atoms with van der Waals surface area (Å²) in [5.41, 5.74) is 7.23. The average Bonchev–Trinajstić information content (AvgIpc) is 3.13. The summed E-state index contributed by atoms with van der Waals surface area (Å²) in [4.78, 5) is 2.04. The van der Waals surface area contributed by atoms with E-state index in [4.69, 9.17) is 0 Å². The van der Waals surface area contributed by atoms with E-state index >= 15 is 0 Å². The van der Waals surface area contributed by atoms with Gasteiger partial charge in [0, 0.05) is 9.79 Å². The molecule has 2 saturated carbocycles. The summed E-state index contributed by atoms with van der Waals surface area (Å²) in [6, 6.07) is 28.4. The highest BCUT2D eigenvalue weighted by Crippen LogP contribution is 2.40. The molecule has 0 radical (unpaired) electrons. The fraction of sp³-hybridized carbons (Fsp3) is 0.478. The normalized spacial score (nSPS) is 21.1. The first-order valence-electron chi connectivity index (χ1n) is 19.4. The van der Waals surface area contributed by atoms with E-state index in [-0.39, 0.29) is 11.6 Å². The van der Waals surface area contributed by atoms with Gasteiger partial charge in [0.05, 0.1) is 0 Å². The van der Waals surface area contributed by atoms with E-state index in [2.05, 4.69) is 62.4 Å². The summed E-state index contributed by atoms with van der Waals surface area (Å²) in [7, 11) is 0. The van der Waals surface area contributed by atoms with Gasteiger partial charge in [0.2, 0.25) is 0 Å². The Balaban J connectivity index is 1.10. The highest BCUT2D eigenvalue weighted by molar-refractivity contribution is 7.99. The van der Waals surface area contributed by atoms with E-state index < -0.39 is 0 Å². The highest BCUT2D eigenvalue weighted by Gasteiger charge is 2.23. The van der Waals surface area contributed by atoms with Gasteiger partial charge in [0.15, 0.2) is 0 Å². The van der Waals surface area contributed by atoms with E-state index in [1.54, 1.807) is 36.0 Å². The lowest BCUT2D eigenvalue weighted by Gasteiger charge is -2.29. The van der Waals surface area contributed by atoms with Crippen LogP contribution in [-0.2, 0) is 12.8 Å². The second-order valence-corrected chi connectivity index (χ2v) is 16.2. The minimum Gasteiger partial charge on any atom is -0.207 e. The number of hydrogen-bond donors (Lipinski definition) is 0. The first-order valence-corrected chi connectivity index (χ1v) is 20.2. The number of rotatable bonds is 14. The Morgan fingerprint density at radius 2 is 0.898 bits per heavy atom. The molecule has 0 amide bonds. The number of unbranched alkanes of at least 4 members (excludes halogenated alkanes) is 2. The Morgan fingerprint density at radius 1 is 0.510 bits per heavy atom. The minimum absolute atomic E-state index is 0.218. The summed E-state index contributed by atoms with van der Waals surface area (Å²) in [5.74, 6) is 2.72. The van der Waals surface area contributed by atoms with Crippen molar-refractivity contribution < 1.29 is 8.78 Å². The second kappa shape index (κ2) is 17.8. The van der Waals surface area contributed by atoms with Crippen molar-refractivity contribution in [1.29, 1.82) is 0 Å². The standard InChI is InChI=1S/C46H56F2S/c1-3-5-7-33-9-17-37(18-10-33)39-21-13-35(14-22-39)29-41-31-43(47)25-27-45(41)49-46-28-26-44(48)32-42(46)30-36-15-23-40(24-16-36)38-19-11-34(12-20-38)8-6-4-2/h13-16,21-28,31-34,37-38H,3-12,17-20,29-30H2,1-2H3/t33-,34-,37-,38-. The first-order chi connectivity index (χ1) is 24.0. The van der Waals surface area contributed by atoms with E-state index in [1.807, 2.05) is 12.1 Å². The van der Waals surface area contributed by atoms with Crippen molar-refractivity contribution in [2.24, 2.45) is 11.8 Å². The van der Waals surface area contributed by atoms with Crippen molar-refractivity contribution in [3.63, 3.8) is 0 Å². The zero-order chi connectivity index (χ0) is 34.0. The fourth-order valence-corrected chi connectivity index (χ4v) is 9.53. The van der Waals surface area contributed by atoms with Crippen molar-refractivity contribution in [2.45, 2.75) is 138 Å². The van der Waals surface area contributed by atoms with E-state index in [0.717, 1.165) is 32.8 Å². The van der Waals surface area contributed by atoms with Crippen molar-refractivity contribution in [1.82, 2.24) is 0 Å². The van der Waals surface area contributed by atoms with Crippen LogP contribution in [0.15, 0.2) is 94.7 Å². The third kappa shape index (κ3) is 10.1. The third-order valence-electron chi connectivity index (χ3n) is 11.6. The molecular weight excluding hydrogens is 623 g/mol. The Hall–Kier alpha value is -2.91. The molecule has 0 bridgehead atoms. The molecule has 260 valence electrons. The largest absolute Gasteiger partial charge is 0.207 e. The maximum absolute atomic E-state index is 14.6. The van der Waals surface area contributed by atoms with Gasteiger partial charge in [-0.1, -0.05) is 113 Å². The fourth-order valence-electron chi connectivity index (χ4n) is 8.50. The quantitative estimate of drug-likeness (QED) is 0.128. The van der Waals surface area contributed by atoms with Gasteiger partial charge >= 0.3 is 0 Å². The van der Waals surface area contributed by atoms with Gasteiger partial charge < -0.3 is 0 Å². The van der Waals surface area contributed by atoms with Crippen LogP contribution >= 0.6 is 11.8 Å².